The Morgan fingerprint density at radius 2 is 2.35 bits per heavy atom. The number of amides is 1. The smallest absolute Gasteiger partial charge is 0.293 e. The number of hydrogen-bond donors (Lipinski definition) is 2. The lowest BCUT2D eigenvalue weighted by Crippen LogP contribution is -2.14. The van der Waals surface area contributed by atoms with Gasteiger partial charge in [0, 0.05) is 24.8 Å². The highest BCUT2D eigenvalue weighted by molar-refractivity contribution is 5.94. The molecule has 1 aliphatic rings. The molecule has 20 heavy (non-hydrogen) atoms. The molecule has 1 aromatic rings. The molecule has 0 radical (unpaired) electrons. The van der Waals surface area contributed by atoms with Crippen LogP contribution in [0.2, 0.25) is 0 Å². The van der Waals surface area contributed by atoms with Crippen LogP contribution >= 0.6 is 0 Å². The van der Waals surface area contributed by atoms with Gasteiger partial charge in [-0.25, -0.2) is 0 Å². The lowest BCUT2D eigenvalue weighted by Gasteiger charge is -2.11. The molecule has 1 amide bonds. The monoisotopic (exact) mass is 279 g/mol. The van der Waals surface area contributed by atoms with Crippen LogP contribution in [0.1, 0.15) is 29.6 Å². The van der Waals surface area contributed by atoms with Crippen LogP contribution in [0.4, 0.5) is 11.4 Å². The molecule has 0 spiro atoms. The molecule has 108 valence electrons. The summed E-state index contributed by atoms with van der Waals surface area (Å²) in [6, 6.07) is 4.17. The van der Waals surface area contributed by atoms with E-state index in [9.17, 15) is 14.9 Å². The van der Waals surface area contributed by atoms with Crippen molar-refractivity contribution in [2.45, 2.75) is 25.4 Å². The van der Waals surface area contributed by atoms with E-state index in [0.717, 1.165) is 25.9 Å². The molecule has 1 fully saturated rings. The number of nitrogens with two attached hydrogens (primary N) is 1. The lowest BCUT2D eigenvalue weighted by molar-refractivity contribution is -0.384. The molecule has 7 nitrogen and oxygen atoms in total. The molecule has 7 heteroatoms. The number of benzene rings is 1. The van der Waals surface area contributed by atoms with E-state index in [4.69, 9.17) is 10.5 Å². The van der Waals surface area contributed by atoms with E-state index in [1.807, 2.05) is 0 Å². The Morgan fingerprint density at radius 3 is 2.95 bits per heavy atom. The third-order valence-corrected chi connectivity index (χ3v) is 3.28. The quantitative estimate of drug-likeness (QED) is 0.608. The molecule has 1 aliphatic heterocycles. The highest BCUT2D eigenvalue weighted by atomic mass is 16.6. The molecular formula is C13H17N3O4. The summed E-state index contributed by atoms with van der Waals surface area (Å²) < 4.78 is 5.48. The zero-order valence-electron chi connectivity index (χ0n) is 11.0. The molecule has 3 N–H and O–H groups in total. The zero-order chi connectivity index (χ0) is 14.5. The Hall–Kier alpha value is -2.15. The fourth-order valence-corrected chi connectivity index (χ4v) is 2.23. The molecule has 0 bridgehead atoms. The van der Waals surface area contributed by atoms with Crippen molar-refractivity contribution in [2.75, 3.05) is 18.5 Å². The fraction of sp³-hybridized carbons (Fsp3) is 0.462. The van der Waals surface area contributed by atoms with E-state index < -0.39 is 10.8 Å². The molecule has 1 unspecified atom stereocenters. The van der Waals surface area contributed by atoms with Gasteiger partial charge in [0.2, 0.25) is 5.91 Å². The highest BCUT2D eigenvalue weighted by Gasteiger charge is 2.18. The Bertz CT molecular complexity index is 512. The van der Waals surface area contributed by atoms with Crippen LogP contribution in [0, 0.1) is 10.1 Å². The maximum Gasteiger partial charge on any atom is 0.293 e. The average Bonchev–Trinajstić information content (AvgIpc) is 2.91. The Labute approximate surface area is 116 Å². The number of carbonyl (C=O) groups excluding carboxylic acids is 1. The molecule has 0 aromatic heterocycles. The van der Waals surface area contributed by atoms with E-state index in [1.54, 1.807) is 0 Å². The number of nitro groups is 1. The minimum absolute atomic E-state index is 0.126. The fourth-order valence-electron chi connectivity index (χ4n) is 2.23. The molecule has 1 aromatic carbocycles. The van der Waals surface area contributed by atoms with Gasteiger partial charge in [-0.15, -0.1) is 0 Å². The van der Waals surface area contributed by atoms with Gasteiger partial charge < -0.3 is 15.8 Å². The average molecular weight is 279 g/mol. The molecule has 1 atom stereocenters. The summed E-state index contributed by atoms with van der Waals surface area (Å²) in [6.07, 6.45) is 3.13. The van der Waals surface area contributed by atoms with E-state index >= 15 is 0 Å². The summed E-state index contributed by atoms with van der Waals surface area (Å²) in [5.74, 6) is -0.681. The summed E-state index contributed by atoms with van der Waals surface area (Å²) in [7, 11) is 0. The summed E-state index contributed by atoms with van der Waals surface area (Å²) in [6.45, 7) is 1.37. The maximum atomic E-state index is 11.0. The number of ether oxygens (including phenoxy) is 1. The van der Waals surface area contributed by atoms with Crippen molar-refractivity contribution in [2.24, 2.45) is 5.73 Å². The number of nitrogens with one attached hydrogen (secondary N) is 1. The number of hydrogen-bond acceptors (Lipinski definition) is 5. The SMILES string of the molecule is NC(=O)c1ccc(NCCC2CCCO2)c([N+](=O)[O-])c1. The third kappa shape index (κ3) is 3.45. The highest BCUT2D eigenvalue weighted by Crippen LogP contribution is 2.26. The van der Waals surface area contributed by atoms with Crippen molar-refractivity contribution < 1.29 is 14.5 Å². The van der Waals surface area contributed by atoms with Gasteiger partial charge in [-0.1, -0.05) is 0 Å². The van der Waals surface area contributed by atoms with E-state index in [2.05, 4.69) is 5.32 Å². The molecule has 1 saturated heterocycles. The summed E-state index contributed by atoms with van der Waals surface area (Å²) in [5.41, 5.74) is 5.49. The van der Waals surface area contributed by atoms with E-state index in [0.29, 0.717) is 12.2 Å². The molecule has 0 saturated carbocycles. The number of nitro benzene ring substituents is 1. The minimum Gasteiger partial charge on any atom is -0.379 e. The predicted octanol–water partition coefficient (Wildman–Crippen LogP) is 1.67. The van der Waals surface area contributed by atoms with Gasteiger partial charge in [-0.3, -0.25) is 14.9 Å². The van der Waals surface area contributed by atoms with Gasteiger partial charge in [0.1, 0.15) is 5.69 Å². The first-order chi connectivity index (χ1) is 9.58. The van der Waals surface area contributed by atoms with Gasteiger partial charge in [0.25, 0.3) is 5.69 Å². The van der Waals surface area contributed by atoms with Crippen LogP contribution in [0.25, 0.3) is 0 Å². The Morgan fingerprint density at radius 1 is 1.55 bits per heavy atom. The largest absolute Gasteiger partial charge is 0.379 e. The second-order valence-corrected chi connectivity index (χ2v) is 4.70. The van der Waals surface area contributed by atoms with Crippen LogP contribution in [-0.4, -0.2) is 30.1 Å². The summed E-state index contributed by atoms with van der Waals surface area (Å²) in [5, 5.41) is 14.0. The number of nitrogens with zero attached hydrogens (tertiary/aromatic N) is 1. The number of rotatable bonds is 6. The number of primary amides is 1. The maximum absolute atomic E-state index is 11.0. The first-order valence-electron chi connectivity index (χ1n) is 6.51. The number of carbonyl (C=O) groups is 1. The second-order valence-electron chi connectivity index (χ2n) is 4.70. The van der Waals surface area contributed by atoms with Crippen LogP contribution in [0.15, 0.2) is 18.2 Å². The first-order valence-corrected chi connectivity index (χ1v) is 6.51. The van der Waals surface area contributed by atoms with Gasteiger partial charge in [-0.2, -0.15) is 0 Å². The minimum atomic E-state index is -0.681. The van der Waals surface area contributed by atoms with Crippen LogP contribution in [-0.2, 0) is 4.74 Å². The van der Waals surface area contributed by atoms with Gasteiger partial charge >= 0.3 is 0 Å². The predicted molar refractivity (Wildman–Crippen MR) is 73.7 cm³/mol. The topological polar surface area (TPSA) is 107 Å². The van der Waals surface area contributed by atoms with Crippen molar-refractivity contribution in [1.29, 1.82) is 0 Å². The van der Waals surface area contributed by atoms with E-state index in [-0.39, 0.29) is 17.4 Å². The van der Waals surface area contributed by atoms with Gasteiger partial charge in [-0.05, 0) is 31.4 Å². The van der Waals surface area contributed by atoms with E-state index in [1.165, 1.54) is 18.2 Å². The normalized spacial score (nSPS) is 17.9. The van der Waals surface area contributed by atoms with Crippen molar-refractivity contribution >= 4 is 17.3 Å². The third-order valence-electron chi connectivity index (χ3n) is 3.28. The van der Waals surface area contributed by atoms with Crippen LogP contribution in [0.3, 0.4) is 0 Å². The Balaban J connectivity index is 2.02. The van der Waals surface area contributed by atoms with Crippen molar-refractivity contribution in [1.82, 2.24) is 0 Å². The van der Waals surface area contributed by atoms with Gasteiger partial charge in [0.15, 0.2) is 0 Å². The summed E-state index contributed by atoms with van der Waals surface area (Å²) >= 11 is 0. The van der Waals surface area contributed by atoms with Crippen molar-refractivity contribution in [3.05, 3.63) is 33.9 Å². The molecule has 1 heterocycles. The molecule has 2 rings (SSSR count). The first kappa shape index (κ1) is 14.3. The summed E-state index contributed by atoms with van der Waals surface area (Å²) in [4.78, 5) is 21.5. The lowest BCUT2D eigenvalue weighted by atomic mass is 10.1. The van der Waals surface area contributed by atoms with Gasteiger partial charge in [0.05, 0.1) is 11.0 Å². The van der Waals surface area contributed by atoms with Crippen LogP contribution in [0.5, 0.6) is 0 Å². The standard InChI is InChI=1S/C13H17N3O4/c14-13(17)9-3-4-11(12(8-9)16(18)19)15-6-5-10-2-1-7-20-10/h3-4,8,10,15H,1-2,5-7H2,(H2,14,17). The number of anilines is 1. The van der Waals surface area contributed by atoms with Crippen molar-refractivity contribution in [3.8, 4) is 0 Å². The Kier molecular flexibility index (Phi) is 4.52. The second kappa shape index (κ2) is 6.33. The zero-order valence-corrected chi connectivity index (χ0v) is 11.0. The van der Waals surface area contributed by atoms with Crippen molar-refractivity contribution in [3.63, 3.8) is 0 Å². The van der Waals surface area contributed by atoms with Crippen LogP contribution < -0.4 is 11.1 Å². The molecule has 0 aliphatic carbocycles. The molecular weight excluding hydrogens is 262 g/mol.